The van der Waals surface area contributed by atoms with Crippen molar-refractivity contribution in [1.29, 1.82) is 0 Å². The largest absolute Gasteiger partial charge is 0.493 e. The standard InChI is InChI=1S/C21H25NO5S/c1-14-6-9-19(28-14)20(23)22-11-4-5-16(22)21(24)27-12-10-15-7-8-17(25-2)18(13-15)26-3/h6-9,13,16H,4-5,10-12H2,1-3H3/t16-/m0/s1. The molecular formula is C21H25NO5S. The molecule has 0 spiro atoms. The lowest BCUT2D eigenvalue weighted by Gasteiger charge is -2.22. The lowest BCUT2D eigenvalue weighted by atomic mass is 10.1. The van der Waals surface area contributed by atoms with Crippen LogP contribution in [0.3, 0.4) is 0 Å². The highest BCUT2D eigenvalue weighted by molar-refractivity contribution is 7.13. The highest BCUT2D eigenvalue weighted by Gasteiger charge is 2.36. The summed E-state index contributed by atoms with van der Waals surface area (Å²) in [6, 6.07) is 8.86. The molecule has 1 aliphatic rings. The van der Waals surface area contributed by atoms with Gasteiger partial charge in [-0.1, -0.05) is 6.07 Å². The summed E-state index contributed by atoms with van der Waals surface area (Å²) >= 11 is 1.45. The summed E-state index contributed by atoms with van der Waals surface area (Å²) in [5.74, 6) is 0.884. The van der Waals surface area contributed by atoms with E-state index in [4.69, 9.17) is 14.2 Å². The number of nitrogens with zero attached hydrogens (tertiary/aromatic N) is 1. The Bertz CT molecular complexity index is 847. The van der Waals surface area contributed by atoms with Crippen molar-refractivity contribution in [3.63, 3.8) is 0 Å². The Kier molecular flexibility index (Phi) is 6.57. The number of likely N-dealkylation sites (tertiary alicyclic amines) is 1. The van der Waals surface area contributed by atoms with E-state index in [0.29, 0.717) is 35.8 Å². The van der Waals surface area contributed by atoms with Gasteiger partial charge in [0.1, 0.15) is 6.04 Å². The fraction of sp³-hybridized carbons (Fsp3) is 0.429. The second kappa shape index (κ2) is 9.10. The molecule has 2 heterocycles. The lowest BCUT2D eigenvalue weighted by molar-refractivity contribution is -0.148. The number of carbonyl (C=O) groups excluding carboxylic acids is 2. The van der Waals surface area contributed by atoms with E-state index in [0.717, 1.165) is 16.9 Å². The predicted octanol–water partition coefficient (Wildman–Crippen LogP) is 3.46. The van der Waals surface area contributed by atoms with Crippen LogP contribution < -0.4 is 9.47 Å². The second-order valence-corrected chi connectivity index (χ2v) is 7.96. The van der Waals surface area contributed by atoms with Gasteiger partial charge >= 0.3 is 5.97 Å². The van der Waals surface area contributed by atoms with Gasteiger partial charge in [-0.3, -0.25) is 4.79 Å². The van der Waals surface area contributed by atoms with Gasteiger partial charge in [-0.05, 0) is 49.6 Å². The third-order valence-electron chi connectivity index (χ3n) is 4.82. The quantitative estimate of drug-likeness (QED) is 0.663. The van der Waals surface area contributed by atoms with Crippen molar-refractivity contribution >= 4 is 23.2 Å². The van der Waals surface area contributed by atoms with Gasteiger partial charge in [-0.15, -0.1) is 11.3 Å². The van der Waals surface area contributed by atoms with Gasteiger partial charge < -0.3 is 19.1 Å². The minimum atomic E-state index is -0.500. The maximum absolute atomic E-state index is 12.7. The summed E-state index contributed by atoms with van der Waals surface area (Å²) in [7, 11) is 3.17. The van der Waals surface area contributed by atoms with Crippen molar-refractivity contribution in [2.24, 2.45) is 0 Å². The van der Waals surface area contributed by atoms with Crippen molar-refractivity contribution in [2.45, 2.75) is 32.2 Å². The fourth-order valence-electron chi connectivity index (χ4n) is 3.35. The molecule has 1 saturated heterocycles. The van der Waals surface area contributed by atoms with Crippen molar-refractivity contribution in [2.75, 3.05) is 27.4 Å². The van der Waals surface area contributed by atoms with E-state index < -0.39 is 6.04 Å². The van der Waals surface area contributed by atoms with E-state index in [1.165, 1.54) is 11.3 Å². The number of aryl methyl sites for hydroxylation is 1. The highest BCUT2D eigenvalue weighted by Crippen LogP contribution is 2.28. The van der Waals surface area contributed by atoms with E-state index in [1.807, 2.05) is 37.3 Å². The molecule has 1 fully saturated rings. The van der Waals surface area contributed by atoms with Gasteiger partial charge in [0, 0.05) is 17.8 Å². The van der Waals surface area contributed by atoms with Crippen molar-refractivity contribution < 1.29 is 23.8 Å². The monoisotopic (exact) mass is 403 g/mol. The van der Waals surface area contributed by atoms with E-state index in [9.17, 15) is 9.59 Å². The Hall–Kier alpha value is -2.54. The van der Waals surface area contributed by atoms with Crippen LogP contribution >= 0.6 is 11.3 Å². The third kappa shape index (κ3) is 4.47. The minimum absolute atomic E-state index is 0.0857. The average Bonchev–Trinajstić information content (AvgIpc) is 3.36. The first kappa shape index (κ1) is 20.2. The number of benzene rings is 1. The van der Waals surface area contributed by atoms with Gasteiger partial charge in [0.15, 0.2) is 11.5 Å². The van der Waals surface area contributed by atoms with Crippen LogP contribution in [-0.2, 0) is 16.0 Å². The number of hydrogen-bond donors (Lipinski definition) is 0. The number of hydrogen-bond acceptors (Lipinski definition) is 6. The van der Waals surface area contributed by atoms with Crippen LogP contribution in [0.5, 0.6) is 11.5 Å². The molecule has 1 aromatic heterocycles. The van der Waals surface area contributed by atoms with Gasteiger partial charge in [0.05, 0.1) is 25.7 Å². The van der Waals surface area contributed by atoms with Crippen LogP contribution in [0, 0.1) is 6.92 Å². The molecule has 1 amide bonds. The van der Waals surface area contributed by atoms with Crippen LogP contribution in [0.15, 0.2) is 30.3 Å². The van der Waals surface area contributed by atoms with E-state index in [-0.39, 0.29) is 18.5 Å². The number of esters is 1. The highest BCUT2D eigenvalue weighted by atomic mass is 32.1. The van der Waals surface area contributed by atoms with Crippen LogP contribution in [0.2, 0.25) is 0 Å². The molecule has 2 aromatic rings. The van der Waals surface area contributed by atoms with Crippen molar-refractivity contribution in [1.82, 2.24) is 4.90 Å². The van der Waals surface area contributed by atoms with Crippen LogP contribution in [0.4, 0.5) is 0 Å². The maximum atomic E-state index is 12.7. The molecular weight excluding hydrogens is 378 g/mol. The molecule has 0 radical (unpaired) electrons. The number of thiophene rings is 1. The number of amides is 1. The zero-order valence-electron chi connectivity index (χ0n) is 16.4. The molecule has 0 bridgehead atoms. The SMILES string of the molecule is COc1ccc(CCOC(=O)[C@@H]2CCCN2C(=O)c2ccc(C)s2)cc1OC. The Morgan fingerprint density at radius 3 is 2.61 bits per heavy atom. The van der Waals surface area contributed by atoms with Crippen molar-refractivity contribution in [3.8, 4) is 11.5 Å². The molecule has 1 atom stereocenters. The Labute approximate surface area is 169 Å². The number of ether oxygens (including phenoxy) is 3. The number of methoxy groups -OCH3 is 2. The smallest absolute Gasteiger partial charge is 0.328 e. The van der Waals surface area contributed by atoms with Gasteiger partial charge in [0.25, 0.3) is 5.91 Å². The minimum Gasteiger partial charge on any atom is -0.493 e. The van der Waals surface area contributed by atoms with Gasteiger partial charge in [-0.25, -0.2) is 4.79 Å². The van der Waals surface area contributed by atoms with E-state index in [2.05, 4.69) is 0 Å². The molecule has 150 valence electrons. The first-order chi connectivity index (χ1) is 13.5. The van der Waals surface area contributed by atoms with E-state index in [1.54, 1.807) is 19.1 Å². The Morgan fingerprint density at radius 2 is 1.93 bits per heavy atom. The van der Waals surface area contributed by atoms with E-state index >= 15 is 0 Å². The average molecular weight is 404 g/mol. The maximum Gasteiger partial charge on any atom is 0.328 e. The van der Waals surface area contributed by atoms with Crippen molar-refractivity contribution in [3.05, 3.63) is 45.6 Å². The Morgan fingerprint density at radius 1 is 1.14 bits per heavy atom. The summed E-state index contributed by atoms with van der Waals surface area (Å²) in [5, 5.41) is 0. The molecule has 6 nitrogen and oxygen atoms in total. The molecule has 7 heteroatoms. The molecule has 0 unspecified atom stereocenters. The molecule has 3 rings (SSSR count). The molecule has 0 aliphatic carbocycles. The first-order valence-corrected chi connectivity index (χ1v) is 10.1. The summed E-state index contributed by atoms with van der Waals surface area (Å²) in [5.41, 5.74) is 0.985. The lowest BCUT2D eigenvalue weighted by Crippen LogP contribution is -2.41. The summed E-state index contributed by atoms with van der Waals surface area (Å²) in [6.07, 6.45) is 2.02. The van der Waals surface area contributed by atoms with Gasteiger partial charge in [-0.2, -0.15) is 0 Å². The molecule has 1 aromatic carbocycles. The third-order valence-corrected chi connectivity index (χ3v) is 5.81. The molecule has 28 heavy (non-hydrogen) atoms. The summed E-state index contributed by atoms with van der Waals surface area (Å²) in [4.78, 5) is 28.6. The molecule has 0 saturated carbocycles. The Balaban J connectivity index is 1.56. The number of rotatable bonds is 7. The topological polar surface area (TPSA) is 65.1 Å². The first-order valence-electron chi connectivity index (χ1n) is 9.28. The second-order valence-electron chi connectivity index (χ2n) is 6.67. The predicted molar refractivity (Wildman–Crippen MR) is 107 cm³/mol. The van der Waals surface area contributed by atoms with Crippen LogP contribution in [-0.4, -0.2) is 50.2 Å². The summed E-state index contributed by atoms with van der Waals surface area (Å²) in [6.45, 7) is 2.81. The fourth-order valence-corrected chi connectivity index (χ4v) is 4.17. The van der Waals surface area contributed by atoms with Crippen LogP contribution in [0.1, 0.15) is 33.0 Å². The molecule has 1 aliphatic heterocycles. The van der Waals surface area contributed by atoms with Gasteiger partial charge in [0.2, 0.25) is 0 Å². The summed E-state index contributed by atoms with van der Waals surface area (Å²) < 4.78 is 16.0. The number of carbonyl (C=O) groups is 2. The normalized spacial score (nSPS) is 16.1. The molecule has 0 N–H and O–H groups in total. The zero-order valence-corrected chi connectivity index (χ0v) is 17.2. The van der Waals surface area contributed by atoms with Crippen LogP contribution in [0.25, 0.3) is 0 Å². The zero-order chi connectivity index (χ0) is 20.1.